The average molecular weight is 199 g/mol. The van der Waals surface area contributed by atoms with Gasteiger partial charge in [-0.1, -0.05) is 23.7 Å². The summed E-state index contributed by atoms with van der Waals surface area (Å²) in [5.74, 6) is 0. The van der Waals surface area contributed by atoms with Gasteiger partial charge in [-0.25, -0.2) is 0 Å². The van der Waals surface area contributed by atoms with Crippen LogP contribution in [0, 0.1) is 5.41 Å². The predicted octanol–water partition coefficient (Wildman–Crippen LogP) is 1.79. The first-order chi connectivity index (χ1) is 6.18. The van der Waals surface area contributed by atoms with Crippen molar-refractivity contribution >= 4 is 17.6 Å². The number of nitrogens with two attached hydrogens (primary N) is 1. The molecule has 0 unspecified atom stereocenters. The summed E-state index contributed by atoms with van der Waals surface area (Å²) in [4.78, 5) is 0. The van der Waals surface area contributed by atoms with Crippen molar-refractivity contribution in [2.24, 2.45) is 5.73 Å². The molecule has 0 aliphatic heterocycles. The number of nitrogens with one attached hydrogen (secondary N) is 1. The van der Waals surface area contributed by atoms with Gasteiger partial charge in [0.25, 0.3) is 6.02 Å². The Hall–Kier alpha value is -1.22. The second-order valence-corrected chi connectivity index (χ2v) is 3.03. The first-order valence-electron chi connectivity index (χ1n) is 3.90. The first kappa shape index (κ1) is 9.86. The van der Waals surface area contributed by atoms with E-state index in [1.54, 1.807) is 0 Å². The number of amidine groups is 1. The molecule has 1 rings (SSSR count). The van der Waals surface area contributed by atoms with E-state index in [9.17, 15) is 0 Å². The number of benzene rings is 1. The van der Waals surface area contributed by atoms with Crippen LogP contribution in [0.5, 0.6) is 0 Å². The van der Waals surface area contributed by atoms with E-state index in [1.807, 2.05) is 24.3 Å². The van der Waals surface area contributed by atoms with Crippen molar-refractivity contribution in [3.8, 4) is 0 Å². The van der Waals surface area contributed by atoms with Gasteiger partial charge in [-0.15, -0.1) is 0 Å². The molecule has 0 aliphatic carbocycles. The lowest BCUT2D eigenvalue weighted by atomic mass is 10.2. The van der Waals surface area contributed by atoms with Crippen LogP contribution in [-0.2, 0) is 11.2 Å². The molecule has 0 saturated heterocycles. The van der Waals surface area contributed by atoms with Gasteiger partial charge in [0, 0.05) is 11.4 Å². The molecule has 0 heterocycles. The van der Waals surface area contributed by atoms with Crippen molar-refractivity contribution in [3.05, 3.63) is 34.9 Å². The van der Waals surface area contributed by atoms with Gasteiger partial charge < -0.3 is 10.5 Å². The average Bonchev–Trinajstić information content (AvgIpc) is 2.08. The zero-order valence-corrected chi connectivity index (χ0v) is 7.84. The highest BCUT2D eigenvalue weighted by Gasteiger charge is 1.94. The second kappa shape index (κ2) is 4.72. The molecule has 0 aromatic heterocycles. The SMILES string of the molecule is N=C(N)OCCc1ccc(Cl)cc1. The van der Waals surface area contributed by atoms with Crippen molar-refractivity contribution < 1.29 is 4.74 Å². The summed E-state index contributed by atoms with van der Waals surface area (Å²) in [5, 5.41) is 7.55. The van der Waals surface area contributed by atoms with Gasteiger partial charge in [0.2, 0.25) is 0 Å². The molecule has 0 radical (unpaired) electrons. The van der Waals surface area contributed by atoms with Crippen LogP contribution < -0.4 is 5.73 Å². The van der Waals surface area contributed by atoms with Gasteiger partial charge in [0.1, 0.15) is 0 Å². The largest absolute Gasteiger partial charge is 0.465 e. The molecular weight excluding hydrogens is 188 g/mol. The lowest BCUT2D eigenvalue weighted by Crippen LogP contribution is -2.15. The Bertz CT molecular complexity index is 284. The number of rotatable bonds is 3. The maximum atomic E-state index is 6.83. The number of ether oxygens (including phenoxy) is 1. The minimum absolute atomic E-state index is 0.242. The Morgan fingerprint density at radius 2 is 2.00 bits per heavy atom. The molecule has 0 saturated carbocycles. The number of halogens is 1. The molecule has 0 atom stereocenters. The van der Waals surface area contributed by atoms with E-state index in [2.05, 4.69) is 0 Å². The van der Waals surface area contributed by atoms with Crippen molar-refractivity contribution in [1.82, 2.24) is 0 Å². The Kier molecular flexibility index (Phi) is 3.58. The van der Waals surface area contributed by atoms with Crippen LogP contribution in [0.15, 0.2) is 24.3 Å². The highest BCUT2D eigenvalue weighted by atomic mass is 35.5. The molecule has 0 aliphatic rings. The number of hydrogen-bond donors (Lipinski definition) is 2. The smallest absolute Gasteiger partial charge is 0.279 e. The molecule has 0 bridgehead atoms. The molecule has 1 aromatic rings. The third-order valence-electron chi connectivity index (χ3n) is 1.56. The van der Waals surface area contributed by atoms with Crippen LogP contribution >= 0.6 is 11.6 Å². The Morgan fingerprint density at radius 3 is 2.54 bits per heavy atom. The summed E-state index contributed by atoms with van der Waals surface area (Å²) in [6.45, 7) is 0.428. The Morgan fingerprint density at radius 1 is 1.38 bits per heavy atom. The summed E-state index contributed by atoms with van der Waals surface area (Å²) in [5.41, 5.74) is 6.14. The zero-order chi connectivity index (χ0) is 9.68. The normalized spacial score (nSPS) is 9.62. The van der Waals surface area contributed by atoms with Crippen LogP contribution in [0.2, 0.25) is 5.02 Å². The third-order valence-corrected chi connectivity index (χ3v) is 1.81. The van der Waals surface area contributed by atoms with Crippen molar-refractivity contribution in [3.63, 3.8) is 0 Å². The summed E-state index contributed by atoms with van der Waals surface area (Å²) >= 11 is 5.71. The Balaban J connectivity index is 2.37. The molecule has 1 aromatic carbocycles. The summed E-state index contributed by atoms with van der Waals surface area (Å²) in [6, 6.07) is 7.25. The van der Waals surface area contributed by atoms with Gasteiger partial charge in [0.15, 0.2) is 0 Å². The van der Waals surface area contributed by atoms with Gasteiger partial charge >= 0.3 is 0 Å². The quantitative estimate of drug-likeness (QED) is 0.575. The zero-order valence-electron chi connectivity index (χ0n) is 7.09. The standard InChI is InChI=1S/C9H11ClN2O/c10-8-3-1-7(2-4-8)5-6-13-9(11)12/h1-4H,5-6H2,(H3,11,12). The fraction of sp³-hybridized carbons (Fsp3) is 0.222. The molecule has 0 spiro atoms. The van der Waals surface area contributed by atoms with Gasteiger partial charge in [0.05, 0.1) is 6.61 Å². The topological polar surface area (TPSA) is 59.1 Å². The van der Waals surface area contributed by atoms with Gasteiger partial charge in [-0.3, -0.25) is 5.41 Å². The van der Waals surface area contributed by atoms with Crippen LogP contribution in [0.3, 0.4) is 0 Å². The van der Waals surface area contributed by atoms with E-state index >= 15 is 0 Å². The van der Waals surface area contributed by atoms with Crippen LogP contribution in [0.4, 0.5) is 0 Å². The van der Waals surface area contributed by atoms with Crippen molar-refractivity contribution in [2.45, 2.75) is 6.42 Å². The minimum atomic E-state index is -0.242. The first-order valence-corrected chi connectivity index (χ1v) is 4.27. The highest BCUT2D eigenvalue weighted by Crippen LogP contribution is 2.09. The van der Waals surface area contributed by atoms with E-state index in [-0.39, 0.29) is 6.02 Å². The molecule has 3 N–H and O–H groups in total. The second-order valence-electron chi connectivity index (χ2n) is 2.59. The summed E-state index contributed by atoms with van der Waals surface area (Å²) in [6.07, 6.45) is 0.733. The monoisotopic (exact) mass is 198 g/mol. The lowest BCUT2D eigenvalue weighted by molar-refractivity contribution is 0.301. The van der Waals surface area contributed by atoms with Crippen LogP contribution in [0.1, 0.15) is 5.56 Å². The maximum absolute atomic E-state index is 6.83. The number of hydrogen-bond acceptors (Lipinski definition) is 2. The Labute approximate surface area is 82.0 Å². The fourth-order valence-electron chi connectivity index (χ4n) is 0.930. The van der Waals surface area contributed by atoms with E-state index in [4.69, 9.17) is 27.5 Å². The molecule has 0 fully saturated rings. The maximum Gasteiger partial charge on any atom is 0.279 e. The van der Waals surface area contributed by atoms with E-state index in [1.165, 1.54) is 0 Å². The highest BCUT2D eigenvalue weighted by molar-refractivity contribution is 6.30. The summed E-state index contributed by atoms with van der Waals surface area (Å²) in [7, 11) is 0. The van der Waals surface area contributed by atoms with Gasteiger partial charge in [-0.2, -0.15) is 0 Å². The van der Waals surface area contributed by atoms with E-state index < -0.39 is 0 Å². The predicted molar refractivity (Wildman–Crippen MR) is 53.0 cm³/mol. The fourth-order valence-corrected chi connectivity index (χ4v) is 1.06. The van der Waals surface area contributed by atoms with Crippen molar-refractivity contribution in [2.75, 3.05) is 6.61 Å². The van der Waals surface area contributed by atoms with Crippen LogP contribution in [-0.4, -0.2) is 12.6 Å². The molecule has 4 heteroatoms. The van der Waals surface area contributed by atoms with Crippen molar-refractivity contribution in [1.29, 1.82) is 5.41 Å². The third kappa shape index (κ3) is 3.80. The minimum Gasteiger partial charge on any atom is -0.465 e. The summed E-state index contributed by atoms with van der Waals surface area (Å²) < 4.78 is 4.80. The molecular formula is C9H11ClN2O. The molecule has 70 valence electrons. The van der Waals surface area contributed by atoms with E-state index in [0.29, 0.717) is 6.61 Å². The lowest BCUT2D eigenvalue weighted by Gasteiger charge is -2.02. The molecule has 13 heavy (non-hydrogen) atoms. The van der Waals surface area contributed by atoms with Gasteiger partial charge in [-0.05, 0) is 17.7 Å². The van der Waals surface area contributed by atoms with E-state index in [0.717, 1.165) is 17.0 Å². The molecule has 3 nitrogen and oxygen atoms in total. The molecule has 0 amide bonds. The van der Waals surface area contributed by atoms with Crippen LogP contribution in [0.25, 0.3) is 0 Å².